The van der Waals surface area contributed by atoms with Gasteiger partial charge in [0.1, 0.15) is 0 Å². The van der Waals surface area contributed by atoms with E-state index in [9.17, 15) is 18.3 Å². The molecule has 0 bridgehead atoms. The maximum atomic E-state index is 12.8. The van der Waals surface area contributed by atoms with Gasteiger partial charge in [0.2, 0.25) is 0 Å². The zero-order valence-electron chi connectivity index (χ0n) is 15.5. The van der Waals surface area contributed by atoms with Crippen molar-refractivity contribution < 1.29 is 23.1 Å². The van der Waals surface area contributed by atoms with Crippen molar-refractivity contribution >= 4 is 38.9 Å². The summed E-state index contributed by atoms with van der Waals surface area (Å²) in [7, 11) is -2.55. The van der Waals surface area contributed by atoms with Crippen LogP contribution in [0.1, 0.15) is 5.56 Å². The first-order valence-electron chi connectivity index (χ1n) is 8.45. The van der Waals surface area contributed by atoms with Gasteiger partial charge in [-0.2, -0.15) is 8.42 Å². The maximum absolute atomic E-state index is 12.8. The lowest BCUT2D eigenvalue weighted by atomic mass is 10.2. The van der Waals surface area contributed by atoms with Crippen molar-refractivity contribution in [1.82, 2.24) is 4.90 Å². The third kappa shape index (κ3) is 4.52. The normalized spacial score (nSPS) is 17.1. The molecule has 0 unspecified atom stereocenters. The molecule has 3 rings (SSSR count). The van der Waals surface area contributed by atoms with Crippen molar-refractivity contribution in [2.75, 3.05) is 13.7 Å². The number of rotatable bonds is 6. The van der Waals surface area contributed by atoms with Crippen molar-refractivity contribution in [1.29, 1.82) is 0 Å². The Morgan fingerprint density at radius 1 is 1.24 bits per heavy atom. The molecule has 2 aromatic carbocycles. The second-order valence-electron chi connectivity index (χ2n) is 5.91. The van der Waals surface area contributed by atoms with Crippen LogP contribution in [0.2, 0.25) is 0 Å². The van der Waals surface area contributed by atoms with Crippen LogP contribution in [0.15, 0.2) is 75.4 Å². The molecule has 0 aromatic heterocycles. The molecule has 0 spiro atoms. The Labute approximate surface area is 173 Å². The van der Waals surface area contributed by atoms with E-state index in [-0.39, 0.29) is 34.0 Å². The number of thioether (sulfide) groups is 1. The van der Waals surface area contributed by atoms with E-state index >= 15 is 0 Å². The molecule has 0 saturated carbocycles. The highest BCUT2D eigenvalue weighted by atomic mass is 32.2. The summed E-state index contributed by atoms with van der Waals surface area (Å²) >= 11 is 0.958. The van der Waals surface area contributed by atoms with E-state index in [2.05, 4.69) is 11.0 Å². The smallest absolute Gasteiger partial charge is 0.284 e. The lowest BCUT2D eigenvalue weighted by Crippen LogP contribution is -2.29. The highest BCUT2D eigenvalue weighted by Crippen LogP contribution is 2.35. The molecule has 0 atom stereocenters. The van der Waals surface area contributed by atoms with E-state index in [0.29, 0.717) is 10.5 Å². The summed E-state index contributed by atoms with van der Waals surface area (Å²) in [4.78, 5) is 14.4. The maximum Gasteiger partial charge on any atom is 0.284 e. The summed E-state index contributed by atoms with van der Waals surface area (Å²) in [5, 5.41) is 9.77. The number of hydrogen-bond donors (Lipinski definition) is 1. The van der Waals surface area contributed by atoms with Crippen LogP contribution in [0.25, 0.3) is 6.08 Å². The summed E-state index contributed by atoms with van der Waals surface area (Å²) in [6, 6.07) is 12.4. The molecule has 150 valence electrons. The SMILES string of the molecule is C=CCN1C(=O)C(=Cc2ccc(O)c(OC)c2)SC1=NS(=O)(=O)c1ccccc1. The van der Waals surface area contributed by atoms with Crippen molar-refractivity contribution in [2.24, 2.45) is 4.40 Å². The lowest BCUT2D eigenvalue weighted by molar-refractivity contribution is -0.121. The fraction of sp³-hybridized carbons (Fsp3) is 0.100. The van der Waals surface area contributed by atoms with E-state index in [1.807, 2.05) is 0 Å². The van der Waals surface area contributed by atoms with Crippen molar-refractivity contribution in [3.8, 4) is 11.5 Å². The number of ether oxygens (including phenoxy) is 1. The van der Waals surface area contributed by atoms with Crippen molar-refractivity contribution in [3.63, 3.8) is 0 Å². The Kier molecular flexibility index (Phi) is 6.09. The number of aromatic hydroxyl groups is 1. The van der Waals surface area contributed by atoms with Gasteiger partial charge in [-0.25, -0.2) is 0 Å². The molecule has 1 aliphatic heterocycles. The number of hydrogen-bond acceptors (Lipinski definition) is 6. The first-order valence-corrected chi connectivity index (χ1v) is 10.7. The Hall–Kier alpha value is -3.04. The quantitative estimate of drug-likeness (QED) is 0.558. The van der Waals surface area contributed by atoms with Gasteiger partial charge in [0.05, 0.1) is 16.9 Å². The summed E-state index contributed by atoms with van der Waals surface area (Å²) in [5.41, 5.74) is 0.612. The van der Waals surface area contributed by atoms with Gasteiger partial charge in [-0.3, -0.25) is 9.69 Å². The lowest BCUT2D eigenvalue weighted by Gasteiger charge is -2.12. The highest BCUT2D eigenvalue weighted by molar-refractivity contribution is 8.19. The standard InChI is InChI=1S/C20H18N2O5S2/c1-3-11-22-19(24)18(13-14-9-10-16(23)17(12-14)27-2)28-20(22)21-29(25,26)15-7-5-4-6-8-15/h3-10,12-13,23H,1,11H2,2H3. The predicted molar refractivity (Wildman–Crippen MR) is 113 cm³/mol. The number of phenols is 1. The van der Waals surface area contributed by atoms with Crippen LogP contribution in [0.4, 0.5) is 0 Å². The fourth-order valence-corrected chi connectivity index (χ4v) is 4.76. The molecule has 1 aliphatic rings. The summed E-state index contributed by atoms with van der Waals surface area (Å²) in [5.74, 6) is -0.146. The molecule has 7 nitrogen and oxygen atoms in total. The van der Waals surface area contributed by atoms with Gasteiger partial charge >= 0.3 is 0 Å². The number of sulfonamides is 1. The van der Waals surface area contributed by atoms with E-state index in [1.54, 1.807) is 36.4 Å². The average Bonchev–Trinajstić information content (AvgIpc) is 2.98. The molecular formula is C20H18N2O5S2. The molecule has 2 aromatic rings. The van der Waals surface area contributed by atoms with E-state index in [4.69, 9.17) is 4.74 Å². The van der Waals surface area contributed by atoms with Gasteiger partial charge in [0, 0.05) is 6.54 Å². The Morgan fingerprint density at radius 2 is 1.97 bits per heavy atom. The molecule has 0 radical (unpaired) electrons. The Bertz CT molecular complexity index is 1110. The second-order valence-corrected chi connectivity index (χ2v) is 8.52. The Morgan fingerprint density at radius 3 is 2.62 bits per heavy atom. The van der Waals surface area contributed by atoms with Crippen LogP contribution in [-0.4, -0.2) is 43.2 Å². The number of phenolic OH excluding ortho intramolecular Hbond substituents is 1. The van der Waals surface area contributed by atoms with Gasteiger partial charge in [0.15, 0.2) is 16.7 Å². The number of benzene rings is 2. The largest absolute Gasteiger partial charge is 0.504 e. The number of amides is 1. The van der Waals surface area contributed by atoms with Crippen LogP contribution < -0.4 is 4.74 Å². The number of amidine groups is 1. The average molecular weight is 431 g/mol. The molecule has 1 N–H and O–H groups in total. The third-order valence-electron chi connectivity index (χ3n) is 3.94. The van der Waals surface area contributed by atoms with E-state index in [0.717, 1.165) is 11.8 Å². The topological polar surface area (TPSA) is 96.3 Å². The molecule has 29 heavy (non-hydrogen) atoms. The zero-order chi connectivity index (χ0) is 21.0. The van der Waals surface area contributed by atoms with Crippen LogP contribution in [0.3, 0.4) is 0 Å². The van der Waals surface area contributed by atoms with Crippen LogP contribution in [0, 0.1) is 0 Å². The van der Waals surface area contributed by atoms with Gasteiger partial charge in [0.25, 0.3) is 15.9 Å². The minimum Gasteiger partial charge on any atom is -0.504 e. The molecule has 1 heterocycles. The molecular weight excluding hydrogens is 412 g/mol. The van der Waals surface area contributed by atoms with Gasteiger partial charge < -0.3 is 9.84 Å². The van der Waals surface area contributed by atoms with Crippen LogP contribution in [-0.2, 0) is 14.8 Å². The number of carbonyl (C=O) groups excluding carboxylic acids is 1. The summed E-state index contributed by atoms with van der Waals surface area (Å²) in [6.45, 7) is 3.73. The summed E-state index contributed by atoms with van der Waals surface area (Å²) in [6.07, 6.45) is 3.08. The summed E-state index contributed by atoms with van der Waals surface area (Å²) < 4.78 is 34.2. The van der Waals surface area contributed by atoms with Gasteiger partial charge in [-0.15, -0.1) is 11.0 Å². The molecule has 1 fully saturated rings. The monoisotopic (exact) mass is 430 g/mol. The molecule has 1 amide bonds. The van der Waals surface area contributed by atoms with Crippen LogP contribution >= 0.6 is 11.8 Å². The van der Waals surface area contributed by atoms with Gasteiger partial charge in [-0.05, 0) is 47.7 Å². The van der Waals surface area contributed by atoms with Crippen LogP contribution in [0.5, 0.6) is 11.5 Å². The van der Waals surface area contributed by atoms with E-state index < -0.39 is 10.0 Å². The zero-order valence-corrected chi connectivity index (χ0v) is 17.1. The van der Waals surface area contributed by atoms with Crippen molar-refractivity contribution in [3.05, 3.63) is 71.7 Å². The minimum atomic E-state index is -3.97. The Balaban J connectivity index is 2.00. The number of carbonyl (C=O) groups is 1. The minimum absolute atomic E-state index is 0.0236. The van der Waals surface area contributed by atoms with Gasteiger partial charge in [-0.1, -0.05) is 30.3 Å². The molecule has 9 heteroatoms. The molecule has 0 aliphatic carbocycles. The fourth-order valence-electron chi connectivity index (χ4n) is 2.55. The first kappa shape index (κ1) is 20.7. The third-order valence-corrected chi connectivity index (χ3v) is 6.34. The number of methoxy groups -OCH3 is 1. The predicted octanol–water partition coefficient (Wildman–Crippen LogP) is 3.25. The molecule has 1 saturated heterocycles. The first-order chi connectivity index (χ1) is 13.9. The second kappa shape index (κ2) is 8.54. The number of nitrogens with zero attached hydrogens (tertiary/aromatic N) is 2. The van der Waals surface area contributed by atoms with E-state index in [1.165, 1.54) is 36.3 Å². The van der Waals surface area contributed by atoms with Crippen molar-refractivity contribution in [2.45, 2.75) is 4.90 Å². The highest BCUT2D eigenvalue weighted by Gasteiger charge is 2.34.